The number of oxazole rings is 1. The molecule has 132 valence electrons. The Bertz CT molecular complexity index is 964. The molecule has 2 aromatic heterocycles. The molecule has 0 aliphatic rings. The fourth-order valence-electron chi connectivity index (χ4n) is 2.18. The number of rotatable bonds is 7. The zero-order valence-electron chi connectivity index (χ0n) is 13.5. The average molecular weight is 363 g/mol. The molecule has 3 aromatic rings. The highest BCUT2D eigenvalue weighted by Gasteiger charge is 2.10. The molecule has 10 heteroatoms. The van der Waals surface area contributed by atoms with E-state index in [2.05, 4.69) is 15.3 Å². The Labute approximate surface area is 144 Å². The third-order valence-electron chi connectivity index (χ3n) is 3.43. The minimum Gasteiger partial charge on any atom is -0.487 e. The first-order chi connectivity index (χ1) is 12.0. The summed E-state index contributed by atoms with van der Waals surface area (Å²) in [4.78, 5) is 4.30. The Hall–Kier alpha value is -2.72. The van der Waals surface area contributed by atoms with Crippen LogP contribution in [0.25, 0.3) is 0 Å². The molecule has 0 atom stereocenters. The highest BCUT2D eigenvalue weighted by atomic mass is 32.2. The van der Waals surface area contributed by atoms with Gasteiger partial charge in [-0.1, -0.05) is 11.3 Å². The van der Waals surface area contributed by atoms with Crippen LogP contribution in [0, 0.1) is 0 Å². The van der Waals surface area contributed by atoms with Crippen molar-refractivity contribution in [2.75, 3.05) is 6.26 Å². The first-order valence-electron chi connectivity index (χ1n) is 7.39. The molecule has 0 spiro atoms. The van der Waals surface area contributed by atoms with E-state index in [1.54, 1.807) is 23.0 Å². The largest absolute Gasteiger partial charge is 0.487 e. The molecule has 2 N–H and O–H groups in total. The van der Waals surface area contributed by atoms with Crippen molar-refractivity contribution in [2.45, 2.75) is 24.6 Å². The quantitative estimate of drug-likeness (QED) is 0.652. The third-order valence-corrected chi connectivity index (χ3v) is 4.54. The van der Waals surface area contributed by atoms with E-state index in [-0.39, 0.29) is 18.0 Å². The summed E-state index contributed by atoms with van der Waals surface area (Å²) in [5.41, 5.74) is 6.86. The molecule has 0 aliphatic carbocycles. The maximum atomic E-state index is 11.6. The van der Waals surface area contributed by atoms with Gasteiger partial charge in [0.1, 0.15) is 29.5 Å². The van der Waals surface area contributed by atoms with Gasteiger partial charge in [0.05, 0.1) is 24.2 Å². The van der Waals surface area contributed by atoms with Crippen molar-refractivity contribution in [3.05, 3.63) is 54.0 Å². The van der Waals surface area contributed by atoms with Crippen LogP contribution in [0.1, 0.15) is 17.1 Å². The van der Waals surface area contributed by atoms with Crippen LogP contribution in [0.3, 0.4) is 0 Å². The van der Waals surface area contributed by atoms with E-state index in [1.807, 2.05) is 0 Å². The predicted molar refractivity (Wildman–Crippen MR) is 87.4 cm³/mol. The van der Waals surface area contributed by atoms with Gasteiger partial charge in [0.25, 0.3) is 0 Å². The van der Waals surface area contributed by atoms with E-state index in [9.17, 15) is 8.42 Å². The molecule has 0 amide bonds. The van der Waals surface area contributed by atoms with Gasteiger partial charge in [0, 0.05) is 6.26 Å². The number of hydrogen-bond donors (Lipinski definition) is 1. The fourth-order valence-corrected chi connectivity index (χ4v) is 2.83. The van der Waals surface area contributed by atoms with E-state index in [1.165, 1.54) is 18.5 Å². The molecule has 0 aliphatic heterocycles. The maximum absolute atomic E-state index is 11.6. The van der Waals surface area contributed by atoms with Crippen LogP contribution < -0.4 is 10.5 Å². The Kier molecular flexibility index (Phi) is 4.81. The second-order valence-electron chi connectivity index (χ2n) is 5.37. The van der Waals surface area contributed by atoms with Gasteiger partial charge >= 0.3 is 0 Å². The standard InChI is InChI=1S/C15H17N5O4S/c1-25(21,22)13-4-2-3-12(5-13)23-9-11-7-20(19-18-11)8-14-15(6-16)24-10-17-14/h2-5,7,10H,6,8-9,16H2,1H3. The first-order valence-corrected chi connectivity index (χ1v) is 9.28. The summed E-state index contributed by atoms with van der Waals surface area (Å²) in [5, 5.41) is 8.02. The summed E-state index contributed by atoms with van der Waals surface area (Å²) in [6.45, 7) is 0.812. The summed E-state index contributed by atoms with van der Waals surface area (Å²) in [7, 11) is -3.28. The lowest BCUT2D eigenvalue weighted by Crippen LogP contribution is -2.06. The van der Waals surface area contributed by atoms with Gasteiger partial charge in [0.15, 0.2) is 16.2 Å². The molecule has 0 bridgehead atoms. The van der Waals surface area contributed by atoms with Gasteiger partial charge < -0.3 is 14.9 Å². The van der Waals surface area contributed by atoms with E-state index < -0.39 is 9.84 Å². The number of nitrogens with zero attached hydrogens (tertiary/aromatic N) is 4. The predicted octanol–water partition coefficient (Wildman–Crippen LogP) is 0.756. The Morgan fingerprint density at radius 3 is 2.96 bits per heavy atom. The zero-order valence-corrected chi connectivity index (χ0v) is 14.3. The number of ether oxygens (including phenoxy) is 1. The normalized spacial score (nSPS) is 11.6. The van der Waals surface area contributed by atoms with Crippen molar-refractivity contribution >= 4 is 9.84 Å². The van der Waals surface area contributed by atoms with Crippen molar-refractivity contribution in [2.24, 2.45) is 5.73 Å². The molecular weight excluding hydrogens is 346 g/mol. The number of nitrogens with two attached hydrogens (primary N) is 1. The Morgan fingerprint density at radius 1 is 1.36 bits per heavy atom. The van der Waals surface area contributed by atoms with Crippen molar-refractivity contribution in [3.8, 4) is 5.75 Å². The lowest BCUT2D eigenvalue weighted by molar-refractivity contribution is 0.300. The first kappa shape index (κ1) is 17.1. The minimum absolute atomic E-state index is 0.162. The molecule has 3 rings (SSSR count). The van der Waals surface area contributed by atoms with Gasteiger partial charge in [-0.3, -0.25) is 0 Å². The van der Waals surface area contributed by atoms with Crippen molar-refractivity contribution in [3.63, 3.8) is 0 Å². The lowest BCUT2D eigenvalue weighted by Gasteiger charge is -2.05. The highest BCUT2D eigenvalue weighted by Crippen LogP contribution is 2.18. The molecular formula is C15H17N5O4S. The van der Waals surface area contributed by atoms with Crippen LogP contribution in [0.2, 0.25) is 0 Å². The molecule has 0 saturated carbocycles. The molecule has 2 heterocycles. The highest BCUT2D eigenvalue weighted by molar-refractivity contribution is 7.90. The van der Waals surface area contributed by atoms with E-state index in [0.717, 1.165) is 6.26 Å². The summed E-state index contributed by atoms with van der Waals surface area (Å²) in [6, 6.07) is 6.30. The monoisotopic (exact) mass is 363 g/mol. The molecule has 0 saturated heterocycles. The number of benzene rings is 1. The zero-order chi connectivity index (χ0) is 17.9. The van der Waals surface area contributed by atoms with Gasteiger partial charge in [-0.15, -0.1) is 5.10 Å². The topological polar surface area (TPSA) is 126 Å². The van der Waals surface area contributed by atoms with Crippen LogP contribution >= 0.6 is 0 Å². The summed E-state index contributed by atoms with van der Waals surface area (Å²) in [5.74, 6) is 1.05. The van der Waals surface area contributed by atoms with Crippen LogP contribution in [0.4, 0.5) is 0 Å². The summed E-state index contributed by atoms with van der Waals surface area (Å²) < 4.78 is 35.5. The number of aromatic nitrogens is 4. The van der Waals surface area contributed by atoms with Crippen LogP contribution in [0.5, 0.6) is 5.75 Å². The Balaban J connectivity index is 1.64. The summed E-state index contributed by atoms with van der Waals surface area (Å²) in [6.07, 6.45) is 4.21. The van der Waals surface area contributed by atoms with Crippen molar-refractivity contribution in [1.29, 1.82) is 0 Å². The molecule has 0 unspecified atom stereocenters. The second-order valence-corrected chi connectivity index (χ2v) is 7.39. The Morgan fingerprint density at radius 2 is 2.20 bits per heavy atom. The molecule has 0 fully saturated rings. The van der Waals surface area contributed by atoms with Crippen molar-refractivity contribution in [1.82, 2.24) is 20.0 Å². The third kappa shape index (κ3) is 4.22. The SMILES string of the molecule is CS(=O)(=O)c1cccc(OCc2cn(Cc3ncoc3CN)nn2)c1. The number of sulfone groups is 1. The summed E-state index contributed by atoms with van der Waals surface area (Å²) >= 11 is 0. The maximum Gasteiger partial charge on any atom is 0.181 e. The van der Waals surface area contributed by atoms with Gasteiger partial charge in [-0.2, -0.15) is 0 Å². The van der Waals surface area contributed by atoms with Gasteiger partial charge in [0.2, 0.25) is 0 Å². The molecule has 1 aromatic carbocycles. The molecule has 25 heavy (non-hydrogen) atoms. The van der Waals surface area contributed by atoms with Gasteiger partial charge in [-0.05, 0) is 18.2 Å². The molecule has 9 nitrogen and oxygen atoms in total. The van der Waals surface area contributed by atoms with Crippen molar-refractivity contribution < 1.29 is 17.6 Å². The minimum atomic E-state index is -3.28. The van der Waals surface area contributed by atoms with Crippen LogP contribution in [0.15, 0.2) is 46.2 Å². The van der Waals surface area contributed by atoms with Crippen LogP contribution in [-0.4, -0.2) is 34.7 Å². The lowest BCUT2D eigenvalue weighted by atomic mass is 10.3. The van der Waals surface area contributed by atoms with E-state index in [0.29, 0.717) is 29.4 Å². The van der Waals surface area contributed by atoms with Gasteiger partial charge in [-0.25, -0.2) is 18.1 Å². The van der Waals surface area contributed by atoms with E-state index >= 15 is 0 Å². The number of hydrogen-bond acceptors (Lipinski definition) is 8. The fraction of sp³-hybridized carbons (Fsp3) is 0.267. The molecule has 0 radical (unpaired) electrons. The smallest absolute Gasteiger partial charge is 0.181 e. The average Bonchev–Trinajstić information content (AvgIpc) is 3.22. The van der Waals surface area contributed by atoms with E-state index in [4.69, 9.17) is 14.9 Å². The second kappa shape index (κ2) is 7.03. The van der Waals surface area contributed by atoms with Crippen LogP contribution in [-0.2, 0) is 29.5 Å².